The molecule has 0 aromatic heterocycles. The number of hydrogen-bond acceptors (Lipinski definition) is 3. The van der Waals surface area contributed by atoms with Crippen molar-refractivity contribution >= 4 is 37.3 Å². The number of nitrogens with zero attached hydrogens (tertiary/aromatic N) is 1. The second-order valence-corrected chi connectivity index (χ2v) is 13.8. The van der Waals surface area contributed by atoms with Crippen LogP contribution in [-0.2, 0) is 15.9 Å². The van der Waals surface area contributed by atoms with Crippen LogP contribution in [0.25, 0.3) is 5.57 Å². The Morgan fingerprint density at radius 1 is 1.21 bits per heavy atom. The zero-order valence-corrected chi connectivity index (χ0v) is 20.7. The number of halogens is 2. The molecule has 0 bridgehead atoms. The van der Waals surface area contributed by atoms with Crippen LogP contribution < -0.4 is 0 Å². The Morgan fingerprint density at radius 3 is 2.83 bits per heavy atom. The van der Waals surface area contributed by atoms with Gasteiger partial charge in [0.05, 0.1) is 0 Å². The summed E-state index contributed by atoms with van der Waals surface area (Å²) in [5.74, 6) is 0.499. The van der Waals surface area contributed by atoms with Gasteiger partial charge in [-0.1, -0.05) is 0 Å². The average molecular weight is 530 g/mol. The molecule has 0 spiro atoms. The molecule has 2 unspecified atom stereocenters. The monoisotopic (exact) mass is 529 g/mol. The van der Waals surface area contributed by atoms with Crippen molar-refractivity contribution in [2.24, 2.45) is 5.92 Å². The van der Waals surface area contributed by atoms with Crippen LogP contribution in [0.3, 0.4) is 0 Å². The van der Waals surface area contributed by atoms with Crippen molar-refractivity contribution in [1.29, 1.82) is 0 Å². The zero-order valence-electron chi connectivity index (χ0n) is 17.8. The minimum absolute atomic E-state index is 0.251. The number of hydrogen-bond donors (Lipinski definition) is 0. The fraction of sp³-hybridized carbons (Fsp3) is 0.583. The second kappa shape index (κ2) is 9.82. The van der Waals surface area contributed by atoms with E-state index < -0.39 is 20.1 Å². The SMILES string of the molecule is CC(C)C1Cc2ccc(Cl)cc2C2=CI(N(C)CCC3CCCCO3)C=C2CO1. The van der Waals surface area contributed by atoms with E-state index in [4.69, 9.17) is 21.1 Å². The summed E-state index contributed by atoms with van der Waals surface area (Å²) >= 11 is 4.92. The first-order valence-electron chi connectivity index (χ1n) is 10.8. The van der Waals surface area contributed by atoms with Gasteiger partial charge in [0.2, 0.25) is 0 Å². The molecule has 0 aliphatic carbocycles. The van der Waals surface area contributed by atoms with Gasteiger partial charge in [0, 0.05) is 0 Å². The van der Waals surface area contributed by atoms with Crippen molar-refractivity contribution < 1.29 is 9.47 Å². The summed E-state index contributed by atoms with van der Waals surface area (Å²) < 4.78 is 20.0. The average Bonchev–Trinajstić information content (AvgIpc) is 3.13. The maximum atomic E-state index is 6.41. The van der Waals surface area contributed by atoms with Crippen LogP contribution in [0.4, 0.5) is 0 Å². The molecular weight excluding hydrogens is 497 g/mol. The van der Waals surface area contributed by atoms with E-state index in [1.807, 2.05) is 6.07 Å². The third-order valence-corrected chi connectivity index (χ3v) is 11.4. The van der Waals surface area contributed by atoms with Crippen LogP contribution in [0.5, 0.6) is 0 Å². The van der Waals surface area contributed by atoms with E-state index in [1.54, 1.807) is 0 Å². The number of benzene rings is 1. The Labute approximate surface area is 188 Å². The van der Waals surface area contributed by atoms with Crippen molar-refractivity contribution in [3.05, 3.63) is 48.1 Å². The number of ether oxygens (including phenoxy) is 2. The molecule has 0 radical (unpaired) electrons. The molecule has 4 rings (SSSR count). The molecule has 1 aromatic carbocycles. The van der Waals surface area contributed by atoms with Crippen LogP contribution in [0.1, 0.15) is 50.7 Å². The number of rotatable bonds is 5. The molecule has 5 heteroatoms. The fourth-order valence-electron chi connectivity index (χ4n) is 4.25. The van der Waals surface area contributed by atoms with Gasteiger partial charge in [0.15, 0.2) is 0 Å². The Kier molecular flexibility index (Phi) is 7.39. The standard InChI is InChI=1S/C24H33ClINO2/c1-17(2)24-12-18-7-8-20(25)13-22(18)23-15-26(14-19(23)16-29-24)27(3)10-9-21-6-4-5-11-28-21/h7-8,13-15,17,21,24H,4-6,9-12,16H2,1-3H3. The van der Waals surface area contributed by atoms with E-state index in [9.17, 15) is 0 Å². The van der Waals surface area contributed by atoms with Crippen LogP contribution in [0, 0.1) is 5.92 Å². The second-order valence-electron chi connectivity index (χ2n) is 8.68. The maximum absolute atomic E-state index is 6.41. The van der Waals surface area contributed by atoms with E-state index in [1.165, 1.54) is 41.5 Å². The molecule has 160 valence electrons. The first-order chi connectivity index (χ1) is 14.0. The molecule has 3 heterocycles. The summed E-state index contributed by atoms with van der Waals surface area (Å²) in [6, 6.07) is 6.38. The van der Waals surface area contributed by atoms with Gasteiger partial charge in [-0.05, 0) is 0 Å². The van der Waals surface area contributed by atoms with E-state index in [0.717, 1.165) is 31.0 Å². The molecule has 2 atom stereocenters. The van der Waals surface area contributed by atoms with Crippen molar-refractivity contribution in [2.75, 3.05) is 26.8 Å². The van der Waals surface area contributed by atoms with E-state index >= 15 is 0 Å². The van der Waals surface area contributed by atoms with E-state index in [-0.39, 0.29) is 6.10 Å². The Hall–Kier alpha value is -0.400. The summed E-state index contributed by atoms with van der Waals surface area (Å²) in [5, 5.41) is 0.821. The molecular formula is C24H33ClINO2. The van der Waals surface area contributed by atoms with Crippen LogP contribution in [0.2, 0.25) is 5.02 Å². The third kappa shape index (κ3) is 5.27. The van der Waals surface area contributed by atoms with Gasteiger partial charge >= 0.3 is 189 Å². The van der Waals surface area contributed by atoms with Crippen molar-refractivity contribution in [3.63, 3.8) is 0 Å². The summed E-state index contributed by atoms with van der Waals surface area (Å²) in [6.07, 6.45) is 6.57. The summed E-state index contributed by atoms with van der Waals surface area (Å²) in [7, 11) is 2.29. The molecule has 0 amide bonds. The van der Waals surface area contributed by atoms with Crippen LogP contribution in [-0.4, -0.2) is 42.1 Å². The quantitative estimate of drug-likeness (QED) is 0.321. The normalized spacial score (nSPS) is 25.9. The topological polar surface area (TPSA) is 21.7 Å². The molecule has 29 heavy (non-hydrogen) atoms. The Balaban J connectivity index is 1.54. The van der Waals surface area contributed by atoms with Gasteiger partial charge in [-0.2, -0.15) is 0 Å². The van der Waals surface area contributed by atoms with Gasteiger partial charge < -0.3 is 0 Å². The van der Waals surface area contributed by atoms with Crippen molar-refractivity contribution in [3.8, 4) is 0 Å². The molecule has 3 aliphatic rings. The van der Waals surface area contributed by atoms with Gasteiger partial charge in [-0.25, -0.2) is 0 Å². The molecule has 3 aliphatic heterocycles. The Bertz CT molecular complexity index is 785. The predicted octanol–water partition coefficient (Wildman–Crippen LogP) is 6.49. The number of fused-ring (bicyclic) bond motifs is 3. The van der Waals surface area contributed by atoms with Gasteiger partial charge in [-0.15, -0.1) is 0 Å². The first-order valence-corrected chi connectivity index (χ1v) is 14.7. The van der Waals surface area contributed by atoms with Gasteiger partial charge in [0.25, 0.3) is 0 Å². The predicted molar refractivity (Wildman–Crippen MR) is 131 cm³/mol. The summed E-state index contributed by atoms with van der Waals surface area (Å²) in [5.41, 5.74) is 5.42. The summed E-state index contributed by atoms with van der Waals surface area (Å²) in [6.45, 7) is 7.27. The minimum atomic E-state index is -1.49. The molecule has 1 saturated heterocycles. The zero-order chi connectivity index (χ0) is 20.4. The van der Waals surface area contributed by atoms with Crippen molar-refractivity contribution in [1.82, 2.24) is 3.11 Å². The summed E-state index contributed by atoms with van der Waals surface area (Å²) in [4.78, 5) is 0. The van der Waals surface area contributed by atoms with Gasteiger partial charge in [0.1, 0.15) is 0 Å². The van der Waals surface area contributed by atoms with Crippen LogP contribution in [0.15, 0.2) is 31.9 Å². The van der Waals surface area contributed by atoms with Crippen molar-refractivity contribution in [2.45, 2.75) is 58.2 Å². The fourth-order valence-corrected chi connectivity index (χ4v) is 9.04. The molecule has 1 aromatic rings. The van der Waals surface area contributed by atoms with E-state index in [2.05, 4.69) is 44.3 Å². The van der Waals surface area contributed by atoms with Gasteiger partial charge in [-0.3, -0.25) is 0 Å². The first kappa shape index (κ1) is 21.8. The molecule has 0 N–H and O–H groups in total. The third-order valence-electron chi connectivity index (χ3n) is 6.16. The van der Waals surface area contributed by atoms with Crippen LogP contribution >= 0.6 is 31.7 Å². The molecule has 3 nitrogen and oxygen atoms in total. The molecule has 1 fully saturated rings. The van der Waals surface area contributed by atoms with E-state index in [0.29, 0.717) is 18.6 Å². The Morgan fingerprint density at radius 2 is 2.07 bits per heavy atom. The molecule has 0 saturated carbocycles.